The molecule has 0 saturated carbocycles. The van der Waals surface area contributed by atoms with Gasteiger partial charge in [-0.3, -0.25) is 14.9 Å². The van der Waals surface area contributed by atoms with Crippen molar-refractivity contribution in [1.29, 1.82) is 0 Å². The molecule has 0 bridgehead atoms. The van der Waals surface area contributed by atoms with Crippen molar-refractivity contribution in [3.8, 4) is 0 Å². The van der Waals surface area contributed by atoms with Crippen LogP contribution in [0.1, 0.15) is 36.4 Å². The molecule has 0 radical (unpaired) electrons. The highest BCUT2D eigenvalue weighted by Crippen LogP contribution is 2.34. The Bertz CT molecular complexity index is 901. The van der Waals surface area contributed by atoms with Gasteiger partial charge in [0, 0.05) is 19.2 Å². The molecule has 2 aromatic rings. The predicted octanol–water partition coefficient (Wildman–Crippen LogP) is 3.14. The number of benzene rings is 1. The summed E-state index contributed by atoms with van der Waals surface area (Å²) < 4.78 is 10.1. The third kappa shape index (κ3) is 5.37. The molecule has 9 heteroatoms. The Labute approximate surface area is 174 Å². The number of rotatable bonds is 7. The molecule has 1 aromatic heterocycles. The van der Waals surface area contributed by atoms with Crippen molar-refractivity contribution in [1.82, 2.24) is 5.32 Å². The Kier molecular flexibility index (Phi) is 6.71. The zero-order valence-corrected chi connectivity index (χ0v) is 17.0. The molecule has 1 fully saturated rings. The average Bonchev–Trinajstić information content (AvgIpc) is 3.23. The van der Waals surface area contributed by atoms with Gasteiger partial charge in [0.1, 0.15) is 11.4 Å². The SMILES string of the molecule is C[C@@H]1C[C@H](C)CN(c2ccc(C(=O)OCC(=O)NCc3ccco3)cc2[N+](=O)[O-])C1. The van der Waals surface area contributed by atoms with E-state index in [4.69, 9.17) is 9.15 Å². The first-order valence-electron chi connectivity index (χ1n) is 9.83. The number of piperidine rings is 1. The van der Waals surface area contributed by atoms with Crippen molar-refractivity contribution in [2.75, 3.05) is 24.6 Å². The Morgan fingerprint density at radius 2 is 2.00 bits per heavy atom. The van der Waals surface area contributed by atoms with Gasteiger partial charge in [-0.25, -0.2) is 4.79 Å². The number of nitrogens with zero attached hydrogens (tertiary/aromatic N) is 2. The Balaban J connectivity index is 1.64. The number of amides is 1. The van der Waals surface area contributed by atoms with E-state index in [2.05, 4.69) is 19.2 Å². The summed E-state index contributed by atoms with van der Waals surface area (Å²) >= 11 is 0. The zero-order chi connectivity index (χ0) is 21.7. The standard InChI is InChI=1S/C21H25N3O6/c1-14-8-15(2)12-23(11-14)18-6-5-16(9-19(18)24(27)28)21(26)30-13-20(25)22-10-17-4-3-7-29-17/h3-7,9,14-15H,8,10-13H2,1-2H3,(H,22,25)/t14-,15+. The van der Waals surface area contributed by atoms with Crippen LogP contribution in [0.2, 0.25) is 0 Å². The lowest BCUT2D eigenvalue weighted by Gasteiger charge is -2.36. The van der Waals surface area contributed by atoms with E-state index in [1.54, 1.807) is 18.2 Å². The van der Waals surface area contributed by atoms with Gasteiger partial charge < -0.3 is 19.4 Å². The first-order chi connectivity index (χ1) is 14.3. The molecule has 160 valence electrons. The molecule has 1 saturated heterocycles. The van der Waals surface area contributed by atoms with Crippen LogP contribution in [0.25, 0.3) is 0 Å². The second-order valence-electron chi connectivity index (χ2n) is 7.74. The van der Waals surface area contributed by atoms with Gasteiger partial charge in [-0.2, -0.15) is 0 Å². The number of carbonyl (C=O) groups excluding carboxylic acids is 2. The summed E-state index contributed by atoms with van der Waals surface area (Å²) in [5.41, 5.74) is 0.376. The van der Waals surface area contributed by atoms with E-state index >= 15 is 0 Å². The second kappa shape index (κ2) is 9.43. The van der Waals surface area contributed by atoms with Crippen LogP contribution >= 0.6 is 0 Å². The molecular formula is C21H25N3O6. The second-order valence-corrected chi connectivity index (χ2v) is 7.74. The summed E-state index contributed by atoms with van der Waals surface area (Å²) in [7, 11) is 0. The molecule has 3 rings (SSSR count). The van der Waals surface area contributed by atoms with Crippen molar-refractivity contribution in [2.24, 2.45) is 11.8 Å². The van der Waals surface area contributed by atoms with Crippen LogP contribution in [0.15, 0.2) is 41.0 Å². The van der Waals surface area contributed by atoms with Crippen molar-refractivity contribution in [3.05, 3.63) is 58.0 Å². The van der Waals surface area contributed by atoms with E-state index in [-0.39, 0.29) is 17.8 Å². The topological polar surface area (TPSA) is 115 Å². The minimum absolute atomic E-state index is 0.0300. The first-order valence-corrected chi connectivity index (χ1v) is 9.83. The van der Waals surface area contributed by atoms with Gasteiger partial charge in [-0.15, -0.1) is 0 Å². The lowest BCUT2D eigenvalue weighted by Crippen LogP contribution is -2.39. The number of furan rings is 1. The number of nitrogens with one attached hydrogen (secondary N) is 1. The summed E-state index contributed by atoms with van der Waals surface area (Å²) in [5, 5.41) is 14.2. The van der Waals surface area contributed by atoms with Crippen molar-refractivity contribution in [2.45, 2.75) is 26.8 Å². The number of nitro groups is 1. The number of hydrogen-bond donors (Lipinski definition) is 1. The average molecular weight is 415 g/mol. The van der Waals surface area contributed by atoms with Crippen LogP contribution < -0.4 is 10.2 Å². The maximum Gasteiger partial charge on any atom is 0.338 e. The normalized spacial score (nSPS) is 18.7. The van der Waals surface area contributed by atoms with Gasteiger partial charge in [0.15, 0.2) is 6.61 Å². The van der Waals surface area contributed by atoms with Gasteiger partial charge in [0.05, 0.1) is 23.3 Å². The number of nitro benzene ring substituents is 1. The van der Waals surface area contributed by atoms with E-state index in [0.29, 0.717) is 23.3 Å². The van der Waals surface area contributed by atoms with E-state index in [1.165, 1.54) is 18.4 Å². The highest BCUT2D eigenvalue weighted by molar-refractivity contribution is 5.93. The van der Waals surface area contributed by atoms with Gasteiger partial charge >= 0.3 is 5.97 Å². The molecule has 30 heavy (non-hydrogen) atoms. The number of anilines is 1. The minimum Gasteiger partial charge on any atom is -0.467 e. The molecule has 1 aliphatic rings. The minimum atomic E-state index is -0.793. The monoisotopic (exact) mass is 415 g/mol. The summed E-state index contributed by atoms with van der Waals surface area (Å²) in [4.78, 5) is 37.2. The summed E-state index contributed by atoms with van der Waals surface area (Å²) in [6.07, 6.45) is 2.57. The predicted molar refractivity (Wildman–Crippen MR) is 109 cm³/mol. The molecule has 0 unspecified atom stereocenters. The molecule has 1 N–H and O–H groups in total. The molecule has 2 atom stereocenters. The van der Waals surface area contributed by atoms with E-state index in [9.17, 15) is 19.7 Å². The zero-order valence-electron chi connectivity index (χ0n) is 17.0. The van der Waals surface area contributed by atoms with Crippen molar-refractivity contribution >= 4 is 23.3 Å². The molecule has 1 aliphatic heterocycles. The molecule has 0 spiro atoms. The Morgan fingerprint density at radius 1 is 1.27 bits per heavy atom. The Morgan fingerprint density at radius 3 is 2.63 bits per heavy atom. The number of esters is 1. The van der Waals surface area contributed by atoms with Crippen LogP contribution in [0.5, 0.6) is 0 Å². The third-order valence-corrected chi connectivity index (χ3v) is 4.99. The summed E-state index contributed by atoms with van der Waals surface area (Å²) in [5.74, 6) is 0.137. The van der Waals surface area contributed by atoms with Gasteiger partial charge in [-0.05, 0) is 42.5 Å². The summed E-state index contributed by atoms with van der Waals surface area (Å²) in [6.45, 7) is 5.39. The maximum absolute atomic E-state index is 12.3. The lowest BCUT2D eigenvalue weighted by atomic mass is 9.91. The van der Waals surface area contributed by atoms with Gasteiger partial charge in [0.25, 0.3) is 11.6 Å². The van der Waals surface area contributed by atoms with Gasteiger partial charge in [-0.1, -0.05) is 13.8 Å². The largest absolute Gasteiger partial charge is 0.467 e. The Hall–Kier alpha value is -3.36. The van der Waals surface area contributed by atoms with Crippen LogP contribution in [0.4, 0.5) is 11.4 Å². The van der Waals surface area contributed by atoms with Crippen LogP contribution in [0.3, 0.4) is 0 Å². The maximum atomic E-state index is 12.3. The fraction of sp³-hybridized carbons (Fsp3) is 0.429. The smallest absolute Gasteiger partial charge is 0.338 e. The van der Waals surface area contributed by atoms with Crippen molar-refractivity contribution < 1.29 is 23.7 Å². The van der Waals surface area contributed by atoms with Crippen molar-refractivity contribution in [3.63, 3.8) is 0 Å². The first kappa shape index (κ1) is 21.4. The van der Waals surface area contributed by atoms with Crippen LogP contribution in [-0.2, 0) is 16.1 Å². The molecule has 1 aromatic carbocycles. The molecule has 1 amide bonds. The van der Waals surface area contributed by atoms with E-state index in [0.717, 1.165) is 19.5 Å². The highest BCUT2D eigenvalue weighted by Gasteiger charge is 2.28. The number of carbonyl (C=O) groups is 2. The highest BCUT2D eigenvalue weighted by atomic mass is 16.6. The van der Waals surface area contributed by atoms with Crippen LogP contribution in [-0.4, -0.2) is 36.5 Å². The van der Waals surface area contributed by atoms with Gasteiger partial charge in [0.2, 0.25) is 0 Å². The third-order valence-electron chi connectivity index (χ3n) is 4.99. The summed E-state index contributed by atoms with van der Waals surface area (Å²) in [6, 6.07) is 7.69. The van der Waals surface area contributed by atoms with Crippen LogP contribution in [0, 0.1) is 22.0 Å². The number of ether oxygens (including phenoxy) is 1. The fourth-order valence-corrected chi connectivity index (χ4v) is 3.79. The molecule has 0 aliphatic carbocycles. The quantitative estimate of drug-likeness (QED) is 0.420. The van der Waals surface area contributed by atoms with E-state index < -0.39 is 23.4 Å². The molecule has 2 heterocycles. The van der Waals surface area contributed by atoms with E-state index in [1.807, 2.05) is 4.90 Å². The number of hydrogen-bond acceptors (Lipinski definition) is 7. The fourth-order valence-electron chi connectivity index (χ4n) is 3.79. The molecular weight excluding hydrogens is 390 g/mol. The lowest BCUT2D eigenvalue weighted by molar-refractivity contribution is -0.384. The molecule has 9 nitrogen and oxygen atoms in total.